The standard InChI is InChI=1S/C23H27N3O3/c1-16(18-9-10-18)26(14-17-7-5-4-6-8-17)15-22-24-23(25-29-22)19-11-12-20(27-2)21(13-19)28-3/h4-8,11-13,16,18H,9-10,14-15H2,1-3H3. The van der Waals surface area contributed by atoms with Gasteiger partial charge in [0.1, 0.15) is 0 Å². The highest BCUT2D eigenvalue weighted by atomic mass is 16.5. The number of rotatable bonds is 9. The molecule has 1 atom stereocenters. The van der Waals surface area contributed by atoms with E-state index in [0.29, 0.717) is 35.8 Å². The first-order valence-corrected chi connectivity index (χ1v) is 10.0. The van der Waals surface area contributed by atoms with Crippen LogP contribution in [0.3, 0.4) is 0 Å². The van der Waals surface area contributed by atoms with Gasteiger partial charge in [0, 0.05) is 18.2 Å². The molecular weight excluding hydrogens is 366 g/mol. The van der Waals surface area contributed by atoms with Crippen LogP contribution in [-0.2, 0) is 13.1 Å². The fraction of sp³-hybridized carbons (Fsp3) is 0.391. The second kappa shape index (κ2) is 8.66. The smallest absolute Gasteiger partial charge is 0.241 e. The maximum Gasteiger partial charge on any atom is 0.241 e. The molecule has 0 saturated heterocycles. The molecule has 1 fully saturated rings. The third-order valence-corrected chi connectivity index (χ3v) is 5.56. The van der Waals surface area contributed by atoms with Crippen LogP contribution in [0.1, 0.15) is 31.2 Å². The third kappa shape index (κ3) is 4.59. The van der Waals surface area contributed by atoms with Crippen molar-refractivity contribution in [1.29, 1.82) is 0 Å². The minimum atomic E-state index is 0.478. The zero-order chi connectivity index (χ0) is 20.2. The van der Waals surface area contributed by atoms with Gasteiger partial charge in [-0.1, -0.05) is 35.5 Å². The summed E-state index contributed by atoms with van der Waals surface area (Å²) in [4.78, 5) is 7.07. The van der Waals surface area contributed by atoms with Gasteiger partial charge in [0.05, 0.1) is 20.8 Å². The molecule has 6 nitrogen and oxygen atoms in total. The minimum absolute atomic E-state index is 0.478. The Morgan fingerprint density at radius 2 is 1.79 bits per heavy atom. The Bertz CT molecular complexity index is 938. The van der Waals surface area contributed by atoms with E-state index in [2.05, 4.69) is 46.2 Å². The summed E-state index contributed by atoms with van der Waals surface area (Å²) in [5.41, 5.74) is 2.13. The fourth-order valence-electron chi connectivity index (χ4n) is 3.62. The summed E-state index contributed by atoms with van der Waals surface area (Å²) in [7, 11) is 3.23. The molecule has 1 aromatic heterocycles. The Balaban J connectivity index is 1.52. The normalized spacial score (nSPS) is 14.8. The monoisotopic (exact) mass is 393 g/mol. The van der Waals surface area contributed by atoms with Crippen molar-refractivity contribution in [3.8, 4) is 22.9 Å². The molecular formula is C23H27N3O3. The molecule has 4 rings (SSSR count). The van der Waals surface area contributed by atoms with Crippen molar-refractivity contribution in [1.82, 2.24) is 15.0 Å². The summed E-state index contributed by atoms with van der Waals surface area (Å²) in [6, 6.07) is 16.6. The van der Waals surface area contributed by atoms with E-state index >= 15 is 0 Å². The van der Waals surface area contributed by atoms with Crippen LogP contribution in [0.5, 0.6) is 11.5 Å². The average molecular weight is 393 g/mol. The Hall–Kier alpha value is -2.86. The van der Waals surface area contributed by atoms with E-state index in [-0.39, 0.29) is 0 Å². The lowest BCUT2D eigenvalue weighted by atomic mass is 10.1. The SMILES string of the molecule is COc1ccc(-c2noc(CN(Cc3ccccc3)C(C)C3CC3)n2)cc1OC. The number of ether oxygens (including phenoxy) is 2. The number of benzene rings is 2. The molecule has 29 heavy (non-hydrogen) atoms. The molecule has 1 aliphatic carbocycles. The van der Waals surface area contributed by atoms with E-state index < -0.39 is 0 Å². The molecule has 2 aromatic carbocycles. The van der Waals surface area contributed by atoms with Crippen LogP contribution in [-0.4, -0.2) is 35.3 Å². The van der Waals surface area contributed by atoms with Gasteiger partial charge >= 0.3 is 0 Å². The largest absolute Gasteiger partial charge is 0.493 e. The topological polar surface area (TPSA) is 60.6 Å². The molecule has 152 valence electrons. The van der Waals surface area contributed by atoms with Gasteiger partial charge in [0.2, 0.25) is 11.7 Å². The highest BCUT2D eigenvalue weighted by Gasteiger charge is 2.32. The fourth-order valence-corrected chi connectivity index (χ4v) is 3.62. The molecule has 1 saturated carbocycles. The minimum Gasteiger partial charge on any atom is -0.493 e. The average Bonchev–Trinajstić information content (AvgIpc) is 3.51. The van der Waals surface area contributed by atoms with Gasteiger partial charge in [-0.3, -0.25) is 4.90 Å². The maximum atomic E-state index is 5.59. The summed E-state index contributed by atoms with van der Waals surface area (Å²) in [6.45, 7) is 3.80. The zero-order valence-corrected chi connectivity index (χ0v) is 17.2. The van der Waals surface area contributed by atoms with Crippen molar-refractivity contribution in [3.05, 3.63) is 60.0 Å². The van der Waals surface area contributed by atoms with E-state index in [1.54, 1.807) is 14.2 Å². The highest BCUT2D eigenvalue weighted by Crippen LogP contribution is 2.36. The first-order chi connectivity index (χ1) is 14.2. The predicted octanol–water partition coefficient (Wildman–Crippen LogP) is 4.55. The Kier molecular flexibility index (Phi) is 5.81. The zero-order valence-electron chi connectivity index (χ0n) is 17.2. The lowest BCUT2D eigenvalue weighted by Gasteiger charge is -2.27. The molecule has 0 N–H and O–H groups in total. The van der Waals surface area contributed by atoms with Crippen LogP contribution in [0.2, 0.25) is 0 Å². The van der Waals surface area contributed by atoms with Crippen molar-refractivity contribution in [2.24, 2.45) is 5.92 Å². The Labute approximate surface area is 171 Å². The van der Waals surface area contributed by atoms with Crippen LogP contribution in [0, 0.1) is 5.92 Å². The number of aromatic nitrogens is 2. The summed E-state index contributed by atoms with van der Waals surface area (Å²) in [5.74, 6) is 3.25. The molecule has 1 unspecified atom stereocenters. The molecule has 0 spiro atoms. The van der Waals surface area contributed by atoms with Gasteiger partial charge in [-0.2, -0.15) is 4.98 Å². The quantitative estimate of drug-likeness (QED) is 0.531. The van der Waals surface area contributed by atoms with Crippen molar-refractivity contribution in [3.63, 3.8) is 0 Å². The van der Waals surface area contributed by atoms with Gasteiger partial charge in [-0.05, 0) is 49.4 Å². The van der Waals surface area contributed by atoms with Crippen LogP contribution in [0.4, 0.5) is 0 Å². The lowest BCUT2D eigenvalue weighted by Crippen LogP contribution is -2.33. The summed E-state index contributed by atoms with van der Waals surface area (Å²) < 4.78 is 16.3. The Morgan fingerprint density at radius 3 is 2.48 bits per heavy atom. The van der Waals surface area contributed by atoms with E-state index in [1.807, 2.05) is 24.3 Å². The molecule has 0 amide bonds. The maximum absolute atomic E-state index is 5.59. The van der Waals surface area contributed by atoms with Gasteiger partial charge in [0.15, 0.2) is 11.5 Å². The van der Waals surface area contributed by atoms with Crippen LogP contribution >= 0.6 is 0 Å². The predicted molar refractivity (Wildman–Crippen MR) is 111 cm³/mol. The molecule has 1 aliphatic rings. The molecule has 0 radical (unpaired) electrons. The van der Waals surface area contributed by atoms with Gasteiger partial charge in [-0.25, -0.2) is 0 Å². The summed E-state index contributed by atoms with van der Waals surface area (Å²) in [6.07, 6.45) is 2.60. The molecule has 6 heteroatoms. The molecule has 0 bridgehead atoms. The number of hydrogen-bond donors (Lipinski definition) is 0. The van der Waals surface area contributed by atoms with Crippen LogP contribution < -0.4 is 9.47 Å². The molecule has 3 aromatic rings. The van der Waals surface area contributed by atoms with E-state index in [0.717, 1.165) is 18.0 Å². The highest BCUT2D eigenvalue weighted by molar-refractivity contribution is 5.60. The first-order valence-electron chi connectivity index (χ1n) is 10.0. The second-order valence-electron chi connectivity index (χ2n) is 7.55. The number of methoxy groups -OCH3 is 2. The van der Waals surface area contributed by atoms with Gasteiger partial charge < -0.3 is 14.0 Å². The Morgan fingerprint density at radius 1 is 1.03 bits per heavy atom. The van der Waals surface area contributed by atoms with Crippen molar-refractivity contribution in [2.75, 3.05) is 14.2 Å². The van der Waals surface area contributed by atoms with Gasteiger partial charge in [0.25, 0.3) is 0 Å². The van der Waals surface area contributed by atoms with E-state index in [1.165, 1.54) is 18.4 Å². The first kappa shape index (κ1) is 19.5. The lowest BCUT2D eigenvalue weighted by molar-refractivity contribution is 0.150. The summed E-state index contributed by atoms with van der Waals surface area (Å²) >= 11 is 0. The van der Waals surface area contributed by atoms with Crippen molar-refractivity contribution < 1.29 is 14.0 Å². The number of nitrogens with zero attached hydrogens (tertiary/aromatic N) is 3. The summed E-state index contributed by atoms with van der Waals surface area (Å²) in [5, 5.41) is 4.19. The van der Waals surface area contributed by atoms with E-state index in [9.17, 15) is 0 Å². The van der Waals surface area contributed by atoms with Crippen molar-refractivity contribution >= 4 is 0 Å². The van der Waals surface area contributed by atoms with Crippen molar-refractivity contribution in [2.45, 2.75) is 38.9 Å². The number of hydrogen-bond acceptors (Lipinski definition) is 6. The van der Waals surface area contributed by atoms with Gasteiger partial charge in [-0.15, -0.1) is 0 Å². The van der Waals surface area contributed by atoms with E-state index in [4.69, 9.17) is 14.0 Å². The van der Waals surface area contributed by atoms with Crippen LogP contribution in [0.25, 0.3) is 11.4 Å². The second-order valence-corrected chi connectivity index (χ2v) is 7.55. The molecule has 1 heterocycles. The third-order valence-electron chi connectivity index (χ3n) is 5.56. The van der Waals surface area contributed by atoms with Crippen LogP contribution in [0.15, 0.2) is 53.1 Å². The molecule has 0 aliphatic heterocycles.